The van der Waals surface area contributed by atoms with E-state index in [9.17, 15) is 14.4 Å². The van der Waals surface area contributed by atoms with Crippen LogP contribution in [0.1, 0.15) is 33.1 Å². The Morgan fingerprint density at radius 2 is 1.68 bits per heavy atom. The molecule has 1 saturated heterocycles. The summed E-state index contributed by atoms with van der Waals surface area (Å²) in [6.07, 6.45) is 5.42. The smallest absolute Gasteiger partial charge is 0.247 e. The van der Waals surface area contributed by atoms with Gasteiger partial charge in [-0.05, 0) is 61.6 Å². The number of anilines is 1. The predicted molar refractivity (Wildman–Crippen MR) is 129 cm³/mol. The number of para-hydroxylation sites is 2. The Labute approximate surface area is 197 Å². The molecule has 3 atom stereocenters. The maximum atomic E-state index is 13.3. The average molecular weight is 458 g/mol. The van der Waals surface area contributed by atoms with E-state index in [2.05, 4.69) is 10.3 Å². The first-order valence-electron chi connectivity index (χ1n) is 11.7. The van der Waals surface area contributed by atoms with E-state index in [4.69, 9.17) is 4.42 Å². The Kier molecular flexibility index (Phi) is 5.77. The quantitative estimate of drug-likeness (QED) is 0.424. The lowest BCUT2D eigenvalue weighted by Crippen LogP contribution is -2.48. The van der Waals surface area contributed by atoms with E-state index in [1.807, 2.05) is 62.4 Å². The summed E-state index contributed by atoms with van der Waals surface area (Å²) in [5.41, 5.74) is 2.86. The lowest BCUT2D eigenvalue weighted by Gasteiger charge is -2.27. The van der Waals surface area contributed by atoms with Crippen LogP contribution < -0.4 is 5.32 Å². The molecule has 0 radical (unpaired) electrons. The first-order valence-corrected chi connectivity index (χ1v) is 11.7. The van der Waals surface area contributed by atoms with Crippen LogP contribution in [0.3, 0.4) is 0 Å². The number of hydrogen-bond acceptors (Lipinski definition) is 5. The van der Waals surface area contributed by atoms with Crippen molar-refractivity contribution in [1.29, 1.82) is 0 Å². The topological polar surface area (TPSA) is 92.5 Å². The fourth-order valence-electron chi connectivity index (χ4n) is 4.83. The lowest BCUT2D eigenvalue weighted by molar-refractivity contribution is -0.147. The molecule has 0 spiro atoms. The molecule has 7 heteroatoms. The van der Waals surface area contributed by atoms with Crippen molar-refractivity contribution >= 4 is 34.5 Å². The van der Waals surface area contributed by atoms with E-state index in [1.54, 1.807) is 12.1 Å². The molecule has 7 nitrogen and oxygen atoms in total. The van der Waals surface area contributed by atoms with Gasteiger partial charge in [0.25, 0.3) is 0 Å². The van der Waals surface area contributed by atoms with Crippen LogP contribution in [0.25, 0.3) is 22.6 Å². The third-order valence-corrected chi connectivity index (χ3v) is 6.54. The summed E-state index contributed by atoms with van der Waals surface area (Å²) in [6.45, 7) is 3.96. The second kappa shape index (κ2) is 8.89. The second-order valence-electron chi connectivity index (χ2n) is 9.40. The van der Waals surface area contributed by atoms with E-state index < -0.39 is 6.04 Å². The van der Waals surface area contributed by atoms with Gasteiger partial charge in [0, 0.05) is 11.3 Å². The second-order valence-corrected chi connectivity index (χ2v) is 9.40. The summed E-state index contributed by atoms with van der Waals surface area (Å²) < 4.78 is 5.81. The summed E-state index contributed by atoms with van der Waals surface area (Å²) in [4.78, 5) is 45.2. The molecule has 34 heavy (non-hydrogen) atoms. The fourth-order valence-corrected chi connectivity index (χ4v) is 4.83. The van der Waals surface area contributed by atoms with Crippen LogP contribution >= 0.6 is 0 Å². The summed E-state index contributed by atoms with van der Waals surface area (Å²) in [5, 5.41) is 2.90. The molecule has 2 heterocycles. The Balaban J connectivity index is 1.34. The highest BCUT2D eigenvalue weighted by Crippen LogP contribution is 2.37. The van der Waals surface area contributed by atoms with Gasteiger partial charge in [0.15, 0.2) is 5.58 Å². The van der Waals surface area contributed by atoms with Gasteiger partial charge in [-0.1, -0.05) is 38.1 Å². The highest BCUT2D eigenvalue weighted by atomic mass is 16.3. The van der Waals surface area contributed by atoms with Crippen LogP contribution in [0.4, 0.5) is 5.69 Å². The number of aromatic nitrogens is 1. The zero-order chi connectivity index (χ0) is 23.8. The Hall–Kier alpha value is -3.74. The molecule has 5 rings (SSSR count). The van der Waals surface area contributed by atoms with Crippen LogP contribution in [0.5, 0.6) is 0 Å². The molecule has 3 unspecified atom stereocenters. The molecule has 1 N–H and O–H groups in total. The van der Waals surface area contributed by atoms with Gasteiger partial charge in [0.2, 0.25) is 23.6 Å². The van der Waals surface area contributed by atoms with Gasteiger partial charge >= 0.3 is 0 Å². The minimum atomic E-state index is -0.831. The van der Waals surface area contributed by atoms with Crippen molar-refractivity contribution in [1.82, 2.24) is 9.88 Å². The normalized spacial score (nSPS) is 20.7. The Morgan fingerprint density at radius 1 is 1.03 bits per heavy atom. The number of nitrogens with zero attached hydrogens (tertiary/aromatic N) is 2. The summed E-state index contributed by atoms with van der Waals surface area (Å²) in [5.74, 6) is -0.875. The monoisotopic (exact) mass is 457 g/mol. The number of imide groups is 1. The molecule has 174 valence electrons. The minimum Gasteiger partial charge on any atom is -0.436 e. The van der Waals surface area contributed by atoms with E-state index in [-0.39, 0.29) is 35.5 Å². The van der Waals surface area contributed by atoms with E-state index >= 15 is 0 Å². The minimum absolute atomic E-state index is 0.138. The number of nitrogens with one attached hydrogen (secondary N) is 1. The molecule has 2 aromatic carbocycles. The van der Waals surface area contributed by atoms with Crippen LogP contribution in [0.15, 0.2) is 65.1 Å². The number of benzene rings is 2. The molecular weight excluding hydrogens is 430 g/mol. The molecule has 3 amide bonds. The number of amides is 3. The molecule has 1 aliphatic heterocycles. The molecule has 0 bridgehead atoms. The first kappa shape index (κ1) is 22.1. The number of carbonyl (C=O) groups is 3. The number of oxazole rings is 1. The van der Waals surface area contributed by atoms with Gasteiger partial charge < -0.3 is 9.73 Å². The number of carbonyl (C=O) groups excluding carboxylic acids is 3. The van der Waals surface area contributed by atoms with Crippen molar-refractivity contribution in [3.05, 3.63) is 60.7 Å². The van der Waals surface area contributed by atoms with Crippen molar-refractivity contribution in [3.63, 3.8) is 0 Å². The third-order valence-electron chi connectivity index (χ3n) is 6.54. The number of hydrogen-bond donors (Lipinski definition) is 1. The molecule has 1 aliphatic carbocycles. The molecule has 0 saturated carbocycles. The maximum absolute atomic E-state index is 13.3. The van der Waals surface area contributed by atoms with Gasteiger partial charge in [0.1, 0.15) is 11.6 Å². The first-order chi connectivity index (χ1) is 16.4. The van der Waals surface area contributed by atoms with Crippen molar-refractivity contribution in [2.45, 2.75) is 39.2 Å². The van der Waals surface area contributed by atoms with Crippen molar-refractivity contribution in [2.24, 2.45) is 17.8 Å². The SMILES string of the molecule is CC(C)CC(C(=O)Nc1ccc(-c2nc3ccccc3o2)cc1)N1C(=O)C2CC=CCC2C1=O. The molecule has 2 aliphatic rings. The maximum Gasteiger partial charge on any atom is 0.247 e. The molecule has 1 fully saturated rings. The highest BCUT2D eigenvalue weighted by Gasteiger charge is 2.51. The number of likely N-dealkylation sites (tertiary alicyclic amines) is 1. The van der Waals surface area contributed by atoms with Crippen LogP contribution in [0, 0.1) is 17.8 Å². The zero-order valence-corrected chi connectivity index (χ0v) is 19.2. The molecule has 3 aromatic rings. The third kappa shape index (κ3) is 4.02. The highest BCUT2D eigenvalue weighted by molar-refractivity contribution is 6.10. The van der Waals surface area contributed by atoms with E-state index in [1.165, 1.54) is 4.90 Å². The molecular formula is C27H27N3O4. The van der Waals surface area contributed by atoms with Crippen LogP contribution in [-0.4, -0.2) is 33.6 Å². The zero-order valence-electron chi connectivity index (χ0n) is 19.2. The summed E-state index contributed by atoms with van der Waals surface area (Å²) in [7, 11) is 0. The number of fused-ring (bicyclic) bond motifs is 2. The van der Waals surface area contributed by atoms with Crippen LogP contribution in [-0.2, 0) is 14.4 Å². The van der Waals surface area contributed by atoms with E-state index in [0.29, 0.717) is 36.4 Å². The fraction of sp³-hybridized carbons (Fsp3) is 0.333. The van der Waals surface area contributed by atoms with Gasteiger partial charge in [-0.2, -0.15) is 0 Å². The average Bonchev–Trinajstić information content (AvgIpc) is 3.37. The standard InChI is InChI=1S/C27H27N3O4/c1-16(2)15-22(30-26(32)19-7-3-4-8-20(19)27(30)33)24(31)28-18-13-11-17(12-14-18)25-29-21-9-5-6-10-23(21)34-25/h3-6,9-14,16,19-20,22H,7-8,15H2,1-2H3,(H,28,31). The molecule has 1 aromatic heterocycles. The predicted octanol–water partition coefficient (Wildman–Crippen LogP) is 4.80. The van der Waals surface area contributed by atoms with Crippen molar-refractivity contribution in [3.8, 4) is 11.5 Å². The Bertz CT molecular complexity index is 1220. The van der Waals surface area contributed by atoms with E-state index in [0.717, 1.165) is 11.1 Å². The Morgan fingerprint density at radius 3 is 2.29 bits per heavy atom. The van der Waals surface area contributed by atoms with Gasteiger partial charge in [-0.15, -0.1) is 0 Å². The van der Waals surface area contributed by atoms with Gasteiger partial charge in [0.05, 0.1) is 11.8 Å². The van der Waals surface area contributed by atoms with Crippen molar-refractivity contribution in [2.75, 3.05) is 5.32 Å². The van der Waals surface area contributed by atoms with Crippen LogP contribution in [0.2, 0.25) is 0 Å². The number of rotatable bonds is 6. The summed E-state index contributed by atoms with van der Waals surface area (Å²) in [6, 6.07) is 13.9. The van der Waals surface area contributed by atoms with Gasteiger partial charge in [-0.3, -0.25) is 19.3 Å². The van der Waals surface area contributed by atoms with Crippen molar-refractivity contribution < 1.29 is 18.8 Å². The largest absolute Gasteiger partial charge is 0.436 e. The summed E-state index contributed by atoms with van der Waals surface area (Å²) >= 11 is 0. The number of allylic oxidation sites excluding steroid dienone is 2. The lowest BCUT2D eigenvalue weighted by atomic mass is 9.85. The van der Waals surface area contributed by atoms with Gasteiger partial charge in [-0.25, -0.2) is 4.98 Å².